The first-order chi connectivity index (χ1) is 7.65. The van der Waals surface area contributed by atoms with E-state index in [-0.39, 0.29) is 0 Å². The number of hydrogen-bond donors (Lipinski definition) is 1. The van der Waals surface area contributed by atoms with Crippen molar-refractivity contribution in [2.45, 2.75) is 26.8 Å². The largest absolute Gasteiger partial charge is 0.373 e. The molecule has 0 aromatic carbocycles. The Labute approximate surface area is 98.9 Å². The van der Waals surface area contributed by atoms with E-state index >= 15 is 0 Å². The Morgan fingerprint density at radius 1 is 1.44 bits per heavy atom. The minimum Gasteiger partial charge on any atom is -0.373 e. The van der Waals surface area contributed by atoms with Crippen molar-refractivity contribution in [2.75, 3.05) is 26.0 Å². The van der Waals surface area contributed by atoms with Crippen LogP contribution in [0.4, 0.5) is 5.82 Å². The van der Waals surface area contributed by atoms with Gasteiger partial charge in [-0.1, -0.05) is 26.3 Å². The molecular formula is C13H23N3. The van der Waals surface area contributed by atoms with Gasteiger partial charge in [0, 0.05) is 26.3 Å². The fourth-order valence-electron chi connectivity index (χ4n) is 1.70. The van der Waals surface area contributed by atoms with Crippen LogP contribution in [0.25, 0.3) is 0 Å². The summed E-state index contributed by atoms with van der Waals surface area (Å²) >= 11 is 0. The second-order valence-corrected chi connectivity index (χ2v) is 4.51. The maximum atomic E-state index is 4.31. The summed E-state index contributed by atoms with van der Waals surface area (Å²) in [5, 5.41) is 3.02. The van der Waals surface area contributed by atoms with Gasteiger partial charge in [0.2, 0.25) is 0 Å². The fourth-order valence-corrected chi connectivity index (χ4v) is 1.70. The van der Waals surface area contributed by atoms with E-state index in [1.54, 1.807) is 0 Å². The second kappa shape index (κ2) is 6.48. The van der Waals surface area contributed by atoms with E-state index < -0.39 is 0 Å². The predicted octanol–water partition coefficient (Wildman–Crippen LogP) is 2.60. The van der Waals surface area contributed by atoms with Gasteiger partial charge in [0.15, 0.2) is 0 Å². The Kier molecular flexibility index (Phi) is 5.26. The first-order valence-electron chi connectivity index (χ1n) is 5.97. The van der Waals surface area contributed by atoms with Gasteiger partial charge in [-0.15, -0.1) is 0 Å². The SMILES string of the molecule is CCC(C)CN(C)Cc1ccc(NC)nc1. The van der Waals surface area contributed by atoms with Gasteiger partial charge in [0.25, 0.3) is 0 Å². The highest BCUT2D eigenvalue weighted by Crippen LogP contribution is 2.09. The van der Waals surface area contributed by atoms with Crippen LogP contribution in [0.1, 0.15) is 25.8 Å². The normalized spacial score (nSPS) is 12.8. The van der Waals surface area contributed by atoms with Crippen LogP contribution in [-0.2, 0) is 6.54 Å². The summed E-state index contributed by atoms with van der Waals surface area (Å²) < 4.78 is 0. The van der Waals surface area contributed by atoms with E-state index in [9.17, 15) is 0 Å². The summed E-state index contributed by atoms with van der Waals surface area (Å²) in [7, 11) is 4.05. The zero-order valence-electron chi connectivity index (χ0n) is 10.8. The molecular weight excluding hydrogens is 198 g/mol. The molecule has 1 heterocycles. The first-order valence-corrected chi connectivity index (χ1v) is 5.97. The summed E-state index contributed by atoms with van der Waals surface area (Å²) in [6, 6.07) is 4.15. The maximum Gasteiger partial charge on any atom is 0.125 e. The number of aromatic nitrogens is 1. The van der Waals surface area contributed by atoms with Gasteiger partial charge in [-0.3, -0.25) is 0 Å². The number of hydrogen-bond acceptors (Lipinski definition) is 3. The second-order valence-electron chi connectivity index (χ2n) is 4.51. The van der Waals surface area contributed by atoms with E-state index in [0.29, 0.717) is 0 Å². The molecule has 1 aromatic heterocycles. The van der Waals surface area contributed by atoms with Gasteiger partial charge in [-0.25, -0.2) is 4.98 Å². The van der Waals surface area contributed by atoms with Crippen LogP contribution in [0, 0.1) is 5.92 Å². The Bertz CT molecular complexity index is 295. The van der Waals surface area contributed by atoms with Gasteiger partial charge in [-0.2, -0.15) is 0 Å². The molecule has 16 heavy (non-hydrogen) atoms. The van der Waals surface area contributed by atoms with Crippen LogP contribution in [0.5, 0.6) is 0 Å². The van der Waals surface area contributed by atoms with Crippen LogP contribution in [-0.4, -0.2) is 30.5 Å². The van der Waals surface area contributed by atoms with Gasteiger partial charge >= 0.3 is 0 Å². The molecule has 1 aromatic rings. The molecule has 1 atom stereocenters. The highest BCUT2D eigenvalue weighted by atomic mass is 15.1. The standard InChI is InChI=1S/C13H23N3/c1-5-11(2)9-16(4)10-12-6-7-13(14-3)15-8-12/h6-8,11H,5,9-10H2,1-4H3,(H,14,15). The lowest BCUT2D eigenvalue weighted by Gasteiger charge is -2.20. The van der Waals surface area contributed by atoms with E-state index in [2.05, 4.69) is 42.2 Å². The Hall–Kier alpha value is -1.09. The third kappa shape index (κ3) is 4.19. The molecule has 1 unspecified atom stereocenters. The molecule has 0 amide bonds. The molecule has 0 aliphatic rings. The minimum atomic E-state index is 0.759. The molecule has 1 rings (SSSR count). The van der Waals surface area contributed by atoms with Crippen LogP contribution in [0.15, 0.2) is 18.3 Å². The summed E-state index contributed by atoms with van der Waals surface area (Å²) in [6.45, 7) is 6.65. The van der Waals surface area contributed by atoms with E-state index in [0.717, 1.165) is 24.8 Å². The molecule has 3 heteroatoms. The zero-order valence-corrected chi connectivity index (χ0v) is 10.8. The molecule has 1 N–H and O–H groups in total. The summed E-state index contributed by atoms with van der Waals surface area (Å²) in [6.07, 6.45) is 3.18. The van der Waals surface area contributed by atoms with Crippen molar-refractivity contribution < 1.29 is 0 Å². The highest BCUT2D eigenvalue weighted by Gasteiger charge is 2.05. The Morgan fingerprint density at radius 3 is 2.69 bits per heavy atom. The molecule has 0 radical (unpaired) electrons. The van der Waals surface area contributed by atoms with Gasteiger partial charge in [0.05, 0.1) is 0 Å². The molecule has 90 valence electrons. The topological polar surface area (TPSA) is 28.2 Å². The lowest BCUT2D eigenvalue weighted by molar-refractivity contribution is 0.275. The van der Waals surface area contributed by atoms with Crippen LogP contribution >= 0.6 is 0 Å². The molecule has 0 saturated carbocycles. The molecule has 0 fully saturated rings. The predicted molar refractivity (Wildman–Crippen MR) is 69.6 cm³/mol. The van der Waals surface area contributed by atoms with E-state index in [1.807, 2.05) is 19.3 Å². The molecule has 0 saturated heterocycles. The first kappa shape index (κ1) is 13.0. The number of anilines is 1. The number of pyridine rings is 1. The maximum absolute atomic E-state index is 4.31. The van der Waals surface area contributed by atoms with Crippen LogP contribution in [0.2, 0.25) is 0 Å². The highest BCUT2D eigenvalue weighted by molar-refractivity contribution is 5.34. The minimum absolute atomic E-state index is 0.759. The molecule has 3 nitrogen and oxygen atoms in total. The van der Waals surface area contributed by atoms with E-state index in [1.165, 1.54) is 12.0 Å². The molecule has 0 aliphatic carbocycles. The van der Waals surface area contributed by atoms with Crippen LogP contribution < -0.4 is 5.32 Å². The third-order valence-corrected chi connectivity index (χ3v) is 2.85. The van der Waals surface area contributed by atoms with Gasteiger partial charge in [-0.05, 0) is 24.6 Å². The molecule has 0 bridgehead atoms. The van der Waals surface area contributed by atoms with Gasteiger partial charge in [0.1, 0.15) is 5.82 Å². The van der Waals surface area contributed by atoms with Crippen molar-refractivity contribution in [3.63, 3.8) is 0 Å². The number of nitrogens with one attached hydrogen (secondary N) is 1. The summed E-state index contributed by atoms with van der Waals surface area (Å²) in [5.41, 5.74) is 1.27. The third-order valence-electron chi connectivity index (χ3n) is 2.85. The van der Waals surface area contributed by atoms with Crippen LogP contribution in [0.3, 0.4) is 0 Å². The van der Waals surface area contributed by atoms with Crippen molar-refractivity contribution in [3.05, 3.63) is 23.9 Å². The lowest BCUT2D eigenvalue weighted by Crippen LogP contribution is -2.23. The van der Waals surface area contributed by atoms with Crippen molar-refractivity contribution in [1.29, 1.82) is 0 Å². The zero-order chi connectivity index (χ0) is 12.0. The number of rotatable bonds is 6. The average molecular weight is 221 g/mol. The van der Waals surface area contributed by atoms with Crippen molar-refractivity contribution in [2.24, 2.45) is 5.92 Å². The number of nitrogens with zero attached hydrogens (tertiary/aromatic N) is 2. The summed E-state index contributed by atoms with van der Waals surface area (Å²) in [5.74, 6) is 1.68. The monoisotopic (exact) mass is 221 g/mol. The smallest absolute Gasteiger partial charge is 0.125 e. The Balaban J connectivity index is 2.46. The van der Waals surface area contributed by atoms with Crippen molar-refractivity contribution in [3.8, 4) is 0 Å². The lowest BCUT2D eigenvalue weighted by atomic mass is 10.1. The Morgan fingerprint density at radius 2 is 2.19 bits per heavy atom. The summed E-state index contributed by atoms with van der Waals surface area (Å²) in [4.78, 5) is 6.66. The van der Waals surface area contributed by atoms with Crippen molar-refractivity contribution >= 4 is 5.82 Å². The molecule has 0 spiro atoms. The van der Waals surface area contributed by atoms with Crippen molar-refractivity contribution in [1.82, 2.24) is 9.88 Å². The van der Waals surface area contributed by atoms with Gasteiger partial charge < -0.3 is 10.2 Å². The van der Waals surface area contributed by atoms with E-state index in [4.69, 9.17) is 0 Å². The molecule has 0 aliphatic heterocycles. The quantitative estimate of drug-likeness (QED) is 0.800. The average Bonchev–Trinajstić information content (AvgIpc) is 2.29. The fraction of sp³-hybridized carbons (Fsp3) is 0.615.